The highest BCUT2D eigenvalue weighted by atomic mass is 16.5. The summed E-state index contributed by atoms with van der Waals surface area (Å²) in [6.45, 7) is 4.75. The molecule has 2 aliphatic rings. The summed E-state index contributed by atoms with van der Waals surface area (Å²) < 4.78 is 6.35. The Morgan fingerprint density at radius 1 is 0.354 bits per heavy atom. The second-order valence-corrected chi connectivity index (χ2v) is 13.8. The smallest absolute Gasteiger partial charge is 0.135 e. The van der Waals surface area contributed by atoms with Crippen molar-refractivity contribution >= 4 is 21.5 Å². The van der Waals surface area contributed by atoms with E-state index >= 15 is 0 Å². The minimum Gasteiger partial charge on any atom is -0.456 e. The molecule has 1 heteroatoms. The molecule has 0 atom stereocenters. The number of hydrogen-bond donors (Lipinski definition) is 0. The lowest BCUT2D eigenvalue weighted by Gasteiger charge is -2.23. The highest BCUT2D eigenvalue weighted by Crippen LogP contribution is 2.52. The van der Waals surface area contributed by atoms with Gasteiger partial charge in [-0.15, -0.1) is 0 Å². The molecule has 0 bridgehead atoms. The first-order chi connectivity index (χ1) is 23.5. The van der Waals surface area contributed by atoms with Crippen LogP contribution in [0, 0.1) is 0 Å². The van der Waals surface area contributed by atoms with Gasteiger partial charge < -0.3 is 4.74 Å². The molecule has 0 fully saturated rings. The topological polar surface area (TPSA) is 9.23 Å². The predicted octanol–water partition coefficient (Wildman–Crippen LogP) is 13.1. The van der Waals surface area contributed by atoms with E-state index in [1.165, 1.54) is 82.7 Å². The SMILES string of the molecule is CC1(C)c2cc(-c3cc(-c4ccccc4)cc(-c4cc5c6c(cccc6c4)Oc4ccccc4-5)c3)ccc2-c2cc3ccccc3cc21. The number of ether oxygens (including phenoxy) is 1. The monoisotopic (exact) mass is 612 g/mol. The average molecular weight is 613 g/mol. The van der Waals surface area contributed by atoms with Gasteiger partial charge in [0.05, 0.1) is 0 Å². The molecule has 0 amide bonds. The van der Waals surface area contributed by atoms with Gasteiger partial charge in [-0.3, -0.25) is 0 Å². The van der Waals surface area contributed by atoms with Crippen LogP contribution in [0.2, 0.25) is 0 Å². The molecule has 0 radical (unpaired) electrons. The molecule has 0 N–H and O–H groups in total. The van der Waals surface area contributed by atoms with Gasteiger partial charge in [0.25, 0.3) is 0 Å². The Balaban J connectivity index is 1.17. The molecule has 1 aliphatic carbocycles. The summed E-state index contributed by atoms with van der Waals surface area (Å²) in [5.41, 5.74) is 15.0. The first-order valence-corrected chi connectivity index (χ1v) is 16.7. The molecule has 0 aromatic heterocycles. The summed E-state index contributed by atoms with van der Waals surface area (Å²) in [5.74, 6) is 1.82. The molecule has 0 unspecified atom stereocenters. The van der Waals surface area contributed by atoms with Gasteiger partial charge in [0.2, 0.25) is 0 Å². The van der Waals surface area contributed by atoms with Crippen molar-refractivity contribution in [1.29, 1.82) is 0 Å². The maximum atomic E-state index is 6.35. The van der Waals surface area contributed by atoms with Crippen LogP contribution in [0.4, 0.5) is 0 Å². The Kier molecular flexibility index (Phi) is 5.69. The molecule has 1 aliphatic heterocycles. The van der Waals surface area contributed by atoms with Crippen molar-refractivity contribution in [3.8, 4) is 67.1 Å². The number of rotatable bonds is 3. The van der Waals surface area contributed by atoms with Crippen molar-refractivity contribution in [3.05, 3.63) is 169 Å². The Hall–Kier alpha value is -5.92. The number of para-hydroxylation sites is 1. The fourth-order valence-electron chi connectivity index (χ4n) is 8.11. The quantitative estimate of drug-likeness (QED) is 0.193. The van der Waals surface area contributed by atoms with Gasteiger partial charge in [0.1, 0.15) is 11.5 Å². The third kappa shape index (κ3) is 4.04. The Morgan fingerprint density at radius 2 is 0.979 bits per heavy atom. The molecule has 1 heterocycles. The summed E-state index contributed by atoms with van der Waals surface area (Å²) in [6.07, 6.45) is 0. The zero-order valence-corrected chi connectivity index (χ0v) is 26.9. The highest BCUT2D eigenvalue weighted by molar-refractivity contribution is 6.06. The highest BCUT2D eigenvalue weighted by Gasteiger charge is 2.36. The molecule has 1 nitrogen and oxygen atoms in total. The van der Waals surface area contributed by atoms with Gasteiger partial charge in [0.15, 0.2) is 0 Å². The lowest BCUT2D eigenvalue weighted by molar-refractivity contribution is 0.487. The fourth-order valence-corrected chi connectivity index (χ4v) is 8.11. The van der Waals surface area contributed by atoms with Gasteiger partial charge in [-0.1, -0.05) is 111 Å². The van der Waals surface area contributed by atoms with Crippen LogP contribution in [0.1, 0.15) is 25.0 Å². The van der Waals surface area contributed by atoms with E-state index in [1.54, 1.807) is 0 Å². The first-order valence-electron chi connectivity index (χ1n) is 16.7. The minimum absolute atomic E-state index is 0.0985. The number of fused-ring (bicyclic) bond motifs is 6. The first kappa shape index (κ1) is 27.2. The van der Waals surface area contributed by atoms with Crippen LogP contribution in [0.5, 0.6) is 11.5 Å². The third-order valence-corrected chi connectivity index (χ3v) is 10.6. The summed E-state index contributed by atoms with van der Waals surface area (Å²) in [6, 6.07) is 57.9. The minimum atomic E-state index is -0.0985. The van der Waals surface area contributed by atoms with Crippen LogP contribution in [0.15, 0.2) is 158 Å². The van der Waals surface area contributed by atoms with Crippen molar-refractivity contribution < 1.29 is 4.74 Å². The summed E-state index contributed by atoms with van der Waals surface area (Å²) in [5, 5.41) is 4.95. The number of benzene rings is 8. The van der Waals surface area contributed by atoms with Gasteiger partial charge in [-0.05, 0) is 138 Å². The molecule has 0 spiro atoms. The predicted molar refractivity (Wildman–Crippen MR) is 201 cm³/mol. The largest absolute Gasteiger partial charge is 0.456 e. The molecule has 8 aromatic rings. The van der Waals surface area contributed by atoms with Gasteiger partial charge in [-0.2, -0.15) is 0 Å². The molecule has 0 saturated carbocycles. The maximum absolute atomic E-state index is 6.35. The van der Waals surface area contributed by atoms with Crippen LogP contribution >= 0.6 is 0 Å². The molecule has 8 aromatic carbocycles. The van der Waals surface area contributed by atoms with Crippen molar-refractivity contribution in [2.45, 2.75) is 19.3 Å². The van der Waals surface area contributed by atoms with Crippen LogP contribution in [-0.2, 0) is 5.41 Å². The third-order valence-electron chi connectivity index (χ3n) is 10.6. The molecule has 0 saturated heterocycles. The van der Waals surface area contributed by atoms with Crippen molar-refractivity contribution in [1.82, 2.24) is 0 Å². The maximum Gasteiger partial charge on any atom is 0.135 e. The van der Waals surface area contributed by atoms with E-state index in [0.717, 1.165) is 17.1 Å². The van der Waals surface area contributed by atoms with E-state index in [-0.39, 0.29) is 5.41 Å². The van der Waals surface area contributed by atoms with Gasteiger partial charge in [0, 0.05) is 16.4 Å². The van der Waals surface area contributed by atoms with Crippen molar-refractivity contribution in [2.75, 3.05) is 0 Å². The van der Waals surface area contributed by atoms with E-state index < -0.39 is 0 Å². The molecular formula is C47H32O. The summed E-state index contributed by atoms with van der Waals surface area (Å²) >= 11 is 0. The fraction of sp³-hybridized carbons (Fsp3) is 0.0638. The van der Waals surface area contributed by atoms with E-state index in [1.807, 2.05) is 6.07 Å². The zero-order valence-electron chi connectivity index (χ0n) is 26.9. The van der Waals surface area contributed by atoms with Crippen molar-refractivity contribution in [3.63, 3.8) is 0 Å². The van der Waals surface area contributed by atoms with Crippen LogP contribution in [0.3, 0.4) is 0 Å². The Labute approximate surface area is 280 Å². The van der Waals surface area contributed by atoms with Crippen molar-refractivity contribution in [2.24, 2.45) is 0 Å². The number of hydrogen-bond acceptors (Lipinski definition) is 1. The molecular weight excluding hydrogens is 581 g/mol. The van der Waals surface area contributed by atoms with E-state index in [4.69, 9.17) is 4.74 Å². The summed E-state index contributed by atoms with van der Waals surface area (Å²) in [4.78, 5) is 0. The zero-order chi connectivity index (χ0) is 32.0. The van der Waals surface area contributed by atoms with Crippen LogP contribution in [0.25, 0.3) is 77.2 Å². The standard InChI is InChI=1S/C47H32O/c1-47(2)42-28-32(19-20-38(42)40-25-30-13-6-7-14-31(30)27-43(40)47)35-22-34(29-11-4-3-5-12-29)23-36(24-35)37-21-33-15-10-18-45-46(33)41(26-37)39-16-8-9-17-44(39)48-45/h3-28H,1-2H3. The normalized spacial score (nSPS) is 13.5. The Morgan fingerprint density at radius 3 is 1.81 bits per heavy atom. The summed E-state index contributed by atoms with van der Waals surface area (Å²) in [7, 11) is 0. The van der Waals surface area contributed by atoms with E-state index in [9.17, 15) is 0 Å². The second kappa shape index (κ2) is 10.0. The average Bonchev–Trinajstić information content (AvgIpc) is 3.35. The van der Waals surface area contributed by atoms with Gasteiger partial charge >= 0.3 is 0 Å². The van der Waals surface area contributed by atoms with Crippen LogP contribution in [-0.4, -0.2) is 0 Å². The van der Waals surface area contributed by atoms with Crippen LogP contribution < -0.4 is 4.74 Å². The molecule has 48 heavy (non-hydrogen) atoms. The second-order valence-electron chi connectivity index (χ2n) is 13.8. The van der Waals surface area contributed by atoms with E-state index in [0.29, 0.717) is 0 Å². The van der Waals surface area contributed by atoms with Gasteiger partial charge in [-0.25, -0.2) is 0 Å². The molecule has 10 rings (SSSR count). The molecule has 226 valence electrons. The lowest BCUT2D eigenvalue weighted by atomic mass is 9.81. The lowest BCUT2D eigenvalue weighted by Crippen LogP contribution is -2.15. The Bertz CT molecular complexity index is 2610. The van der Waals surface area contributed by atoms with E-state index in [2.05, 4.69) is 166 Å².